The highest BCUT2D eigenvalue weighted by Crippen LogP contribution is 1.92. The van der Waals surface area contributed by atoms with Gasteiger partial charge >= 0.3 is 0 Å². The average molecular weight is 135 g/mol. The van der Waals surface area contributed by atoms with Crippen molar-refractivity contribution in [2.45, 2.75) is 25.5 Å². The van der Waals surface area contributed by atoms with Crippen LogP contribution in [0.3, 0.4) is 0 Å². The molecule has 0 saturated heterocycles. The Balaban J connectivity index is 3.75. The molecule has 5 heteroatoms. The monoisotopic (exact) mass is 135 g/mol. The van der Waals surface area contributed by atoms with E-state index in [9.17, 15) is 0 Å². The molecule has 0 aromatic carbocycles. The van der Waals surface area contributed by atoms with Crippen LogP contribution in [0.1, 0.15) is 13.8 Å². The summed E-state index contributed by atoms with van der Waals surface area (Å²) < 4.78 is 0. The highest BCUT2D eigenvalue weighted by molar-refractivity contribution is 4.67. The van der Waals surface area contributed by atoms with Crippen LogP contribution >= 0.6 is 0 Å². The molecule has 7 N–H and O–H groups in total. The second kappa shape index (κ2) is 2.20. The van der Waals surface area contributed by atoms with Gasteiger partial charge in [0.15, 0.2) is 11.7 Å². The van der Waals surface area contributed by atoms with Gasteiger partial charge in [-0.1, -0.05) is 0 Å². The molecule has 2 atom stereocenters. The Bertz CT molecular complexity index is 79.0. The van der Waals surface area contributed by atoms with Gasteiger partial charge in [0, 0.05) is 0 Å². The maximum atomic E-state index is 8.78. The zero-order valence-electron chi connectivity index (χ0n) is 5.55. The molecule has 0 aliphatic carbocycles. The van der Waals surface area contributed by atoms with Crippen LogP contribution in [-0.4, -0.2) is 21.9 Å². The van der Waals surface area contributed by atoms with Crippen LogP contribution in [0.4, 0.5) is 0 Å². The first-order chi connectivity index (χ1) is 3.71. The first kappa shape index (κ1) is 8.80. The Kier molecular flexibility index (Phi) is 2.15. The van der Waals surface area contributed by atoms with Crippen LogP contribution in [0.25, 0.3) is 0 Å². The summed E-state index contributed by atoms with van der Waals surface area (Å²) in [5.74, 6) is -3.28. The summed E-state index contributed by atoms with van der Waals surface area (Å²) in [4.78, 5) is 0. The number of nitrogens with one attached hydrogen (secondary N) is 1. The van der Waals surface area contributed by atoms with Gasteiger partial charge < -0.3 is 10.2 Å². The maximum Gasteiger partial charge on any atom is 0.169 e. The van der Waals surface area contributed by atoms with Crippen molar-refractivity contribution in [1.82, 2.24) is 5.32 Å². The van der Waals surface area contributed by atoms with Crippen molar-refractivity contribution in [3.63, 3.8) is 0 Å². The fraction of sp³-hybridized carbons (Fsp3) is 1.00. The van der Waals surface area contributed by atoms with Crippen molar-refractivity contribution in [3.05, 3.63) is 0 Å². The first-order valence-corrected chi connectivity index (χ1v) is 2.52. The summed E-state index contributed by atoms with van der Waals surface area (Å²) in [7, 11) is 0. The number of hydrogen-bond acceptors (Lipinski definition) is 5. The van der Waals surface area contributed by atoms with E-state index in [0.717, 1.165) is 0 Å². The van der Waals surface area contributed by atoms with Crippen LogP contribution in [0.15, 0.2) is 0 Å². The molecule has 2 unspecified atom stereocenters. The molecule has 5 nitrogen and oxygen atoms in total. The molecule has 9 heavy (non-hydrogen) atoms. The molecule has 0 rings (SSSR count). The molecule has 0 aromatic heterocycles. The Morgan fingerprint density at radius 2 is 1.33 bits per heavy atom. The second-order valence-electron chi connectivity index (χ2n) is 2.42. The highest BCUT2D eigenvalue weighted by Gasteiger charge is 2.22. The average Bonchev–Trinajstić information content (AvgIpc) is 1.14. The summed E-state index contributed by atoms with van der Waals surface area (Å²) in [5, 5.41) is 19.7. The van der Waals surface area contributed by atoms with E-state index < -0.39 is 11.7 Å². The summed E-state index contributed by atoms with van der Waals surface area (Å²) in [6.07, 6.45) is 0. The minimum absolute atomic E-state index is 1.27. The number of rotatable bonds is 2. The summed E-state index contributed by atoms with van der Waals surface area (Å²) >= 11 is 0. The van der Waals surface area contributed by atoms with Crippen molar-refractivity contribution in [2.24, 2.45) is 11.5 Å². The molecule has 0 radical (unpaired) electrons. The van der Waals surface area contributed by atoms with Gasteiger partial charge in [-0.15, -0.1) is 0 Å². The van der Waals surface area contributed by atoms with Crippen molar-refractivity contribution < 1.29 is 10.2 Å². The lowest BCUT2D eigenvalue weighted by Crippen LogP contribution is -2.64. The van der Waals surface area contributed by atoms with E-state index in [1.165, 1.54) is 13.8 Å². The van der Waals surface area contributed by atoms with E-state index >= 15 is 0 Å². The number of hydrogen-bond donors (Lipinski definition) is 5. The Labute approximate surface area is 53.7 Å². The van der Waals surface area contributed by atoms with Gasteiger partial charge in [-0.05, 0) is 13.8 Å². The molecule has 0 saturated carbocycles. The molecular formula is C4H13N3O2. The van der Waals surface area contributed by atoms with Crippen LogP contribution in [0.2, 0.25) is 0 Å². The van der Waals surface area contributed by atoms with Gasteiger partial charge in [0.2, 0.25) is 0 Å². The standard InChI is InChI=1S/C4H13N3O2/c1-3(5,8)7-4(2,6)9/h7-9H,5-6H2,1-2H3. The Hall–Kier alpha value is -0.200. The van der Waals surface area contributed by atoms with E-state index in [-0.39, 0.29) is 0 Å². The zero-order chi connectivity index (χ0) is 7.71. The van der Waals surface area contributed by atoms with E-state index in [2.05, 4.69) is 5.32 Å². The van der Waals surface area contributed by atoms with Crippen molar-refractivity contribution in [2.75, 3.05) is 0 Å². The van der Waals surface area contributed by atoms with Crippen LogP contribution < -0.4 is 16.8 Å². The van der Waals surface area contributed by atoms with E-state index in [1.807, 2.05) is 0 Å². The molecule has 0 amide bonds. The third kappa shape index (κ3) is 7.80. The fourth-order valence-corrected chi connectivity index (χ4v) is 0.512. The topological polar surface area (TPSA) is 105 Å². The van der Waals surface area contributed by atoms with Gasteiger partial charge in [0.25, 0.3) is 0 Å². The smallest absolute Gasteiger partial charge is 0.169 e. The highest BCUT2D eigenvalue weighted by atomic mass is 16.4. The lowest BCUT2D eigenvalue weighted by Gasteiger charge is -2.28. The van der Waals surface area contributed by atoms with E-state index in [1.54, 1.807) is 0 Å². The lowest BCUT2D eigenvalue weighted by atomic mass is 10.4. The van der Waals surface area contributed by atoms with Gasteiger partial charge in [-0.3, -0.25) is 11.5 Å². The van der Waals surface area contributed by atoms with E-state index in [4.69, 9.17) is 21.7 Å². The third-order valence-electron chi connectivity index (χ3n) is 0.506. The quantitative estimate of drug-likeness (QED) is 0.277. The normalized spacial score (nSPS) is 24.7. The fourth-order valence-electron chi connectivity index (χ4n) is 0.512. The van der Waals surface area contributed by atoms with E-state index in [0.29, 0.717) is 0 Å². The van der Waals surface area contributed by atoms with Gasteiger partial charge in [0.1, 0.15) is 0 Å². The predicted octanol–water partition coefficient (Wildman–Crippen LogP) is -2.17. The first-order valence-electron chi connectivity index (χ1n) is 2.52. The number of nitrogens with two attached hydrogens (primary N) is 2. The summed E-state index contributed by atoms with van der Waals surface area (Å²) in [5.41, 5.74) is 10.1. The molecular weight excluding hydrogens is 122 g/mol. The molecule has 0 heterocycles. The maximum absolute atomic E-state index is 8.78. The molecule has 0 aromatic rings. The molecule has 0 bridgehead atoms. The minimum Gasteiger partial charge on any atom is -0.363 e. The summed E-state index contributed by atoms with van der Waals surface area (Å²) in [6, 6.07) is 0. The van der Waals surface area contributed by atoms with Gasteiger partial charge in [0.05, 0.1) is 0 Å². The van der Waals surface area contributed by atoms with Crippen molar-refractivity contribution in [1.29, 1.82) is 0 Å². The Morgan fingerprint density at radius 3 is 1.33 bits per heavy atom. The molecule has 0 aliphatic heterocycles. The SMILES string of the molecule is CC(N)(O)NC(C)(N)O. The molecule has 0 spiro atoms. The van der Waals surface area contributed by atoms with Crippen LogP contribution in [0.5, 0.6) is 0 Å². The second-order valence-corrected chi connectivity index (χ2v) is 2.42. The third-order valence-corrected chi connectivity index (χ3v) is 0.506. The Morgan fingerprint density at radius 1 is 1.11 bits per heavy atom. The van der Waals surface area contributed by atoms with Gasteiger partial charge in [-0.25, -0.2) is 5.32 Å². The van der Waals surface area contributed by atoms with Crippen molar-refractivity contribution >= 4 is 0 Å². The van der Waals surface area contributed by atoms with Crippen LogP contribution in [-0.2, 0) is 0 Å². The molecule has 0 fully saturated rings. The molecule has 0 aliphatic rings. The lowest BCUT2D eigenvalue weighted by molar-refractivity contribution is -0.0769. The minimum atomic E-state index is -1.64. The van der Waals surface area contributed by atoms with Crippen LogP contribution in [0, 0.1) is 0 Å². The predicted molar refractivity (Wildman–Crippen MR) is 32.8 cm³/mol. The van der Waals surface area contributed by atoms with Gasteiger partial charge in [-0.2, -0.15) is 0 Å². The molecule has 56 valence electrons. The van der Waals surface area contributed by atoms with Crippen molar-refractivity contribution in [3.8, 4) is 0 Å². The summed E-state index contributed by atoms with van der Waals surface area (Å²) in [6.45, 7) is 2.54. The zero-order valence-corrected chi connectivity index (χ0v) is 5.55. The number of aliphatic hydroxyl groups is 2. The largest absolute Gasteiger partial charge is 0.363 e.